The van der Waals surface area contributed by atoms with Gasteiger partial charge in [-0.3, -0.25) is 4.79 Å². The van der Waals surface area contributed by atoms with E-state index in [1.54, 1.807) is 22.9 Å². The highest BCUT2D eigenvalue weighted by Gasteiger charge is 2.23. The van der Waals surface area contributed by atoms with Crippen molar-refractivity contribution in [1.82, 2.24) is 9.97 Å². The summed E-state index contributed by atoms with van der Waals surface area (Å²) in [7, 11) is 0. The van der Waals surface area contributed by atoms with Crippen LogP contribution in [0.15, 0.2) is 41.2 Å². The summed E-state index contributed by atoms with van der Waals surface area (Å²) in [6.07, 6.45) is 2.04. The third-order valence-electron chi connectivity index (χ3n) is 4.22. The Morgan fingerprint density at radius 3 is 2.70 bits per heavy atom. The Balaban J connectivity index is 1.42. The van der Waals surface area contributed by atoms with Gasteiger partial charge in [0.2, 0.25) is 0 Å². The molecule has 0 unspecified atom stereocenters. The quantitative estimate of drug-likeness (QED) is 0.713. The number of anilines is 2. The van der Waals surface area contributed by atoms with Gasteiger partial charge in [-0.05, 0) is 37.4 Å². The Hall–Kier alpha value is -2.29. The predicted octanol–water partition coefficient (Wildman–Crippen LogP) is 4.13. The van der Waals surface area contributed by atoms with Gasteiger partial charge in [-0.25, -0.2) is 9.97 Å². The van der Waals surface area contributed by atoms with E-state index < -0.39 is 0 Å². The second-order valence-corrected chi connectivity index (χ2v) is 8.34. The third-order valence-corrected chi connectivity index (χ3v) is 6.10. The number of ether oxygens (including phenoxy) is 1. The molecule has 1 aliphatic heterocycles. The molecule has 1 aliphatic rings. The van der Waals surface area contributed by atoms with Gasteiger partial charge in [-0.15, -0.1) is 22.7 Å². The number of carbonyl (C=O) groups is 1. The average molecular weight is 401 g/mol. The number of pyridine rings is 1. The van der Waals surface area contributed by atoms with E-state index in [0.717, 1.165) is 28.8 Å². The number of nitrogens with zero attached hydrogens (tertiary/aromatic N) is 3. The number of morpholine rings is 1. The molecule has 4 rings (SSSR count). The second kappa shape index (κ2) is 7.75. The molecule has 27 heavy (non-hydrogen) atoms. The van der Waals surface area contributed by atoms with Gasteiger partial charge >= 0.3 is 0 Å². The first-order valence-electron chi connectivity index (χ1n) is 8.75. The lowest BCUT2D eigenvalue weighted by Crippen LogP contribution is -2.45. The number of thiophene rings is 1. The molecule has 3 aromatic heterocycles. The largest absolute Gasteiger partial charge is 0.372 e. The van der Waals surface area contributed by atoms with Crippen LogP contribution in [0, 0.1) is 0 Å². The molecule has 0 radical (unpaired) electrons. The standard InChI is InChI=1S/C19H20N4O2S2/c1-12-9-23(10-13(2)25-12)17-6-5-14(8-20-17)21-18(24)15-11-27-19(22-15)16-4-3-7-26-16/h3-8,11-13H,9-10H2,1-2H3,(H,21,24)/t12-,13+. The molecule has 0 saturated carbocycles. The minimum Gasteiger partial charge on any atom is -0.372 e. The van der Waals surface area contributed by atoms with Gasteiger partial charge < -0.3 is 15.0 Å². The predicted molar refractivity (Wildman–Crippen MR) is 110 cm³/mol. The van der Waals surface area contributed by atoms with Crippen LogP contribution in [0.2, 0.25) is 0 Å². The van der Waals surface area contributed by atoms with Crippen molar-refractivity contribution in [2.75, 3.05) is 23.3 Å². The van der Waals surface area contributed by atoms with Crippen LogP contribution in [-0.4, -0.2) is 41.2 Å². The Morgan fingerprint density at radius 1 is 1.22 bits per heavy atom. The maximum Gasteiger partial charge on any atom is 0.275 e. The van der Waals surface area contributed by atoms with E-state index in [9.17, 15) is 4.79 Å². The van der Waals surface area contributed by atoms with Crippen molar-refractivity contribution in [2.24, 2.45) is 0 Å². The summed E-state index contributed by atoms with van der Waals surface area (Å²) in [6.45, 7) is 5.76. The molecule has 0 aliphatic carbocycles. The van der Waals surface area contributed by atoms with Crippen molar-refractivity contribution in [3.05, 3.63) is 46.9 Å². The number of thiazole rings is 1. The lowest BCUT2D eigenvalue weighted by molar-refractivity contribution is -0.00545. The zero-order chi connectivity index (χ0) is 18.8. The van der Waals surface area contributed by atoms with E-state index in [1.165, 1.54) is 11.3 Å². The Bertz CT molecular complexity index is 898. The van der Waals surface area contributed by atoms with Crippen LogP contribution in [0.4, 0.5) is 11.5 Å². The van der Waals surface area contributed by atoms with Gasteiger partial charge in [0.05, 0.1) is 29.0 Å². The summed E-state index contributed by atoms with van der Waals surface area (Å²) in [6, 6.07) is 7.78. The first kappa shape index (κ1) is 18.1. The number of hydrogen-bond donors (Lipinski definition) is 1. The van der Waals surface area contributed by atoms with Crippen molar-refractivity contribution in [2.45, 2.75) is 26.1 Å². The molecule has 4 heterocycles. The van der Waals surface area contributed by atoms with Gasteiger partial charge in [0.15, 0.2) is 0 Å². The highest BCUT2D eigenvalue weighted by atomic mass is 32.1. The zero-order valence-corrected chi connectivity index (χ0v) is 16.7. The normalized spacial score (nSPS) is 19.9. The van der Waals surface area contributed by atoms with Crippen LogP contribution in [0.1, 0.15) is 24.3 Å². The molecule has 1 N–H and O–H groups in total. The van der Waals surface area contributed by atoms with Crippen LogP contribution in [0.5, 0.6) is 0 Å². The summed E-state index contributed by atoms with van der Waals surface area (Å²) in [5.74, 6) is 0.667. The van der Waals surface area contributed by atoms with Crippen LogP contribution < -0.4 is 10.2 Å². The van der Waals surface area contributed by atoms with Gasteiger partial charge in [-0.1, -0.05) is 6.07 Å². The van der Waals surface area contributed by atoms with Crippen LogP contribution in [0.3, 0.4) is 0 Å². The molecule has 140 valence electrons. The fourth-order valence-corrected chi connectivity index (χ4v) is 4.71. The number of aromatic nitrogens is 2. The molecule has 1 saturated heterocycles. The topological polar surface area (TPSA) is 67.4 Å². The van der Waals surface area contributed by atoms with Crippen molar-refractivity contribution in [1.29, 1.82) is 0 Å². The van der Waals surface area contributed by atoms with Gasteiger partial charge in [0.25, 0.3) is 5.91 Å². The monoisotopic (exact) mass is 400 g/mol. The smallest absolute Gasteiger partial charge is 0.275 e. The summed E-state index contributed by atoms with van der Waals surface area (Å²) in [4.78, 5) is 24.7. The maximum atomic E-state index is 12.5. The van der Waals surface area contributed by atoms with E-state index in [-0.39, 0.29) is 18.1 Å². The molecular formula is C19H20N4O2S2. The second-order valence-electron chi connectivity index (χ2n) is 6.54. The van der Waals surface area contributed by atoms with E-state index in [2.05, 4.69) is 34.0 Å². The number of carbonyl (C=O) groups excluding carboxylic acids is 1. The van der Waals surface area contributed by atoms with Crippen molar-refractivity contribution in [3.63, 3.8) is 0 Å². The summed E-state index contributed by atoms with van der Waals surface area (Å²) in [5.41, 5.74) is 1.08. The first-order valence-corrected chi connectivity index (χ1v) is 10.5. The lowest BCUT2D eigenvalue weighted by atomic mass is 10.2. The van der Waals surface area contributed by atoms with Crippen molar-refractivity contribution < 1.29 is 9.53 Å². The highest BCUT2D eigenvalue weighted by Crippen LogP contribution is 2.28. The first-order chi connectivity index (χ1) is 13.1. The Labute approximate surface area is 165 Å². The number of nitrogens with one attached hydrogen (secondary N) is 1. The minimum atomic E-state index is -0.225. The van der Waals surface area contributed by atoms with Gasteiger partial charge in [0, 0.05) is 18.5 Å². The maximum absolute atomic E-state index is 12.5. The lowest BCUT2D eigenvalue weighted by Gasteiger charge is -2.36. The van der Waals surface area contributed by atoms with E-state index in [1.807, 2.05) is 29.6 Å². The fourth-order valence-electron chi connectivity index (χ4n) is 3.10. The molecule has 0 spiro atoms. The van der Waals surface area contributed by atoms with Crippen LogP contribution in [-0.2, 0) is 4.74 Å². The Kier molecular flexibility index (Phi) is 5.20. The molecule has 0 bridgehead atoms. The molecule has 8 heteroatoms. The molecule has 0 aromatic carbocycles. The number of amides is 1. The summed E-state index contributed by atoms with van der Waals surface area (Å²) in [5, 5.41) is 7.51. The average Bonchev–Trinajstić information content (AvgIpc) is 3.33. The summed E-state index contributed by atoms with van der Waals surface area (Å²) < 4.78 is 5.76. The van der Waals surface area contributed by atoms with Crippen molar-refractivity contribution >= 4 is 40.1 Å². The van der Waals surface area contributed by atoms with E-state index in [0.29, 0.717) is 11.4 Å². The molecule has 2 atom stereocenters. The third kappa shape index (κ3) is 4.18. The van der Waals surface area contributed by atoms with Crippen LogP contribution in [0.25, 0.3) is 9.88 Å². The molecule has 3 aromatic rings. The molecular weight excluding hydrogens is 380 g/mol. The van der Waals surface area contributed by atoms with Gasteiger partial charge in [-0.2, -0.15) is 0 Å². The SMILES string of the molecule is C[C@@H]1CN(c2ccc(NC(=O)c3csc(-c4cccs4)n3)cn2)C[C@H](C)O1. The summed E-state index contributed by atoms with van der Waals surface area (Å²) >= 11 is 3.09. The van der Waals surface area contributed by atoms with Crippen LogP contribution >= 0.6 is 22.7 Å². The zero-order valence-electron chi connectivity index (χ0n) is 15.1. The van der Waals surface area contributed by atoms with Crippen molar-refractivity contribution in [3.8, 4) is 9.88 Å². The Morgan fingerprint density at radius 2 is 2.04 bits per heavy atom. The number of rotatable bonds is 4. The highest BCUT2D eigenvalue weighted by molar-refractivity contribution is 7.20. The molecule has 1 fully saturated rings. The van der Waals surface area contributed by atoms with E-state index >= 15 is 0 Å². The fraction of sp³-hybridized carbons (Fsp3) is 0.316. The minimum absolute atomic E-state index is 0.178. The molecule has 6 nitrogen and oxygen atoms in total. The number of hydrogen-bond acceptors (Lipinski definition) is 7. The van der Waals surface area contributed by atoms with E-state index in [4.69, 9.17) is 4.74 Å². The van der Waals surface area contributed by atoms with Gasteiger partial charge in [0.1, 0.15) is 16.5 Å². The molecule has 1 amide bonds.